The summed E-state index contributed by atoms with van der Waals surface area (Å²) in [7, 11) is 0. The van der Waals surface area contributed by atoms with Gasteiger partial charge in [-0.3, -0.25) is 4.79 Å². The molecule has 7 nitrogen and oxygen atoms in total. The number of carbonyl (C=O) groups excluding carboxylic acids is 2. The molecule has 1 amide bonds. The number of ether oxygens (including phenoxy) is 3. The molecule has 0 saturated heterocycles. The maximum absolute atomic E-state index is 12.2. The summed E-state index contributed by atoms with van der Waals surface area (Å²) in [5.41, 5.74) is 2.49. The van der Waals surface area contributed by atoms with Gasteiger partial charge in [-0.05, 0) is 31.2 Å². The SMILES string of the molecule is Cc1nc(-c2cccc(NC(=O)COC(=O)c3cc(Cl)c4c(c3)OCO4)c2)cs1. The Morgan fingerprint density at radius 2 is 2.14 bits per heavy atom. The Kier molecular flexibility index (Phi) is 5.37. The van der Waals surface area contributed by atoms with Crippen LogP contribution in [0.1, 0.15) is 15.4 Å². The van der Waals surface area contributed by atoms with Crippen molar-refractivity contribution in [3.05, 3.63) is 57.4 Å². The normalized spacial score (nSPS) is 11.9. The number of hydrogen-bond donors (Lipinski definition) is 1. The number of benzene rings is 2. The number of nitrogens with zero attached hydrogens (tertiary/aromatic N) is 1. The van der Waals surface area contributed by atoms with Crippen LogP contribution in [0.5, 0.6) is 11.5 Å². The maximum atomic E-state index is 12.2. The van der Waals surface area contributed by atoms with Crippen molar-refractivity contribution in [2.75, 3.05) is 18.7 Å². The maximum Gasteiger partial charge on any atom is 0.338 e. The molecule has 0 saturated carbocycles. The van der Waals surface area contributed by atoms with E-state index in [0.717, 1.165) is 16.3 Å². The summed E-state index contributed by atoms with van der Waals surface area (Å²) in [4.78, 5) is 28.8. The fourth-order valence-electron chi connectivity index (χ4n) is 2.75. The van der Waals surface area contributed by atoms with Crippen LogP contribution >= 0.6 is 22.9 Å². The van der Waals surface area contributed by atoms with E-state index in [-0.39, 0.29) is 17.4 Å². The number of hydrogen-bond acceptors (Lipinski definition) is 7. The van der Waals surface area contributed by atoms with Crippen LogP contribution in [0.25, 0.3) is 11.3 Å². The van der Waals surface area contributed by atoms with Crippen molar-refractivity contribution < 1.29 is 23.8 Å². The van der Waals surface area contributed by atoms with Crippen molar-refractivity contribution in [3.63, 3.8) is 0 Å². The van der Waals surface area contributed by atoms with E-state index in [0.29, 0.717) is 17.2 Å². The third-order valence-corrected chi connectivity index (χ3v) is 5.11. The molecule has 1 N–H and O–H groups in total. The van der Waals surface area contributed by atoms with E-state index in [4.69, 9.17) is 25.8 Å². The zero-order chi connectivity index (χ0) is 20.4. The van der Waals surface area contributed by atoms with Crippen molar-refractivity contribution in [1.29, 1.82) is 0 Å². The molecular weight excluding hydrogens is 416 g/mol. The second-order valence-electron chi connectivity index (χ2n) is 6.15. The first-order chi connectivity index (χ1) is 14.0. The highest BCUT2D eigenvalue weighted by Crippen LogP contribution is 2.39. The molecule has 0 atom stereocenters. The Bertz CT molecular complexity index is 1100. The molecule has 0 aliphatic carbocycles. The topological polar surface area (TPSA) is 86.8 Å². The Hall–Kier alpha value is -3.10. The summed E-state index contributed by atoms with van der Waals surface area (Å²) in [6, 6.07) is 10.2. The van der Waals surface area contributed by atoms with Gasteiger partial charge in [0.25, 0.3) is 5.91 Å². The number of nitrogens with one attached hydrogen (secondary N) is 1. The van der Waals surface area contributed by atoms with Crippen molar-refractivity contribution in [1.82, 2.24) is 4.98 Å². The van der Waals surface area contributed by atoms with Crippen LogP contribution in [0.2, 0.25) is 5.02 Å². The molecule has 3 aromatic rings. The summed E-state index contributed by atoms with van der Waals surface area (Å²) < 4.78 is 15.5. The summed E-state index contributed by atoms with van der Waals surface area (Å²) in [5, 5.41) is 5.86. The van der Waals surface area contributed by atoms with Gasteiger partial charge in [-0.25, -0.2) is 9.78 Å². The van der Waals surface area contributed by atoms with Gasteiger partial charge < -0.3 is 19.5 Å². The molecule has 4 rings (SSSR count). The number of esters is 1. The largest absolute Gasteiger partial charge is 0.454 e. The third-order valence-electron chi connectivity index (χ3n) is 4.06. The Morgan fingerprint density at radius 1 is 1.28 bits per heavy atom. The highest BCUT2D eigenvalue weighted by atomic mass is 35.5. The number of halogens is 1. The van der Waals surface area contributed by atoms with E-state index in [2.05, 4.69) is 10.3 Å². The minimum Gasteiger partial charge on any atom is -0.454 e. The summed E-state index contributed by atoms with van der Waals surface area (Å²) in [6.45, 7) is 1.53. The van der Waals surface area contributed by atoms with Gasteiger partial charge in [0.15, 0.2) is 18.1 Å². The van der Waals surface area contributed by atoms with Gasteiger partial charge in [0.2, 0.25) is 6.79 Å². The van der Waals surface area contributed by atoms with Crippen LogP contribution in [-0.2, 0) is 9.53 Å². The highest BCUT2D eigenvalue weighted by Gasteiger charge is 2.21. The first-order valence-corrected chi connectivity index (χ1v) is 9.84. The second kappa shape index (κ2) is 8.10. The zero-order valence-electron chi connectivity index (χ0n) is 15.2. The summed E-state index contributed by atoms with van der Waals surface area (Å²) in [5.74, 6) is -0.400. The van der Waals surface area contributed by atoms with Crippen molar-refractivity contribution >= 4 is 40.5 Å². The van der Waals surface area contributed by atoms with E-state index in [1.165, 1.54) is 12.1 Å². The molecule has 148 valence electrons. The number of amides is 1. The average Bonchev–Trinajstić information content (AvgIpc) is 3.35. The number of aryl methyl sites for hydroxylation is 1. The number of anilines is 1. The Labute approximate surface area is 175 Å². The van der Waals surface area contributed by atoms with Crippen LogP contribution in [0.15, 0.2) is 41.8 Å². The van der Waals surface area contributed by atoms with Gasteiger partial charge in [-0.1, -0.05) is 23.7 Å². The van der Waals surface area contributed by atoms with E-state index < -0.39 is 18.5 Å². The Balaban J connectivity index is 1.37. The first-order valence-electron chi connectivity index (χ1n) is 8.58. The lowest BCUT2D eigenvalue weighted by molar-refractivity contribution is -0.119. The van der Waals surface area contributed by atoms with E-state index >= 15 is 0 Å². The van der Waals surface area contributed by atoms with Gasteiger partial charge >= 0.3 is 5.97 Å². The van der Waals surface area contributed by atoms with Crippen molar-refractivity contribution in [2.24, 2.45) is 0 Å². The molecule has 1 aliphatic rings. The molecule has 0 bridgehead atoms. The molecule has 9 heteroatoms. The van der Waals surface area contributed by atoms with E-state index in [1.54, 1.807) is 17.4 Å². The molecule has 2 aromatic carbocycles. The molecule has 29 heavy (non-hydrogen) atoms. The van der Waals surface area contributed by atoms with Crippen LogP contribution in [0, 0.1) is 6.92 Å². The third kappa shape index (κ3) is 4.33. The van der Waals surface area contributed by atoms with E-state index in [9.17, 15) is 9.59 Å². The molecule has 1 aromatic heterocycles. The minimum absolute atomic E-state index is 0.0372. The van der Waals surface area contributed by atoms with Crippen LogP contribution in [-0.4, -0.2) is 30.3 Å². The summed E-state index contributed by atoms with van der Waals surface area (Å²) >= 11 is 7.61. The molecule has 1 aliphatic heterocycles. The van der Waals surface area contributed by atoms with Gasteiger partial charge in [0, 0.05) is 16.6 Å². The quantitative estimate of drug-likeness (QED) is 0.607. The number of carbonyl (C=O) groups is 2. The fourth-order valence-corrected chi connectivity index (χ4v) is 3.64. The van der Waals surface area contributed by atoms with Crippen molar-refractivity contribution in [2.45, 2.75) is 6.92 Å². The zero-order valence-corrected chi connectivity index (χ0v) is 16.8. The molecule has 0 unspecified atom stereocenters. The number of rotatable bonds is 5. The van der Waals surface area contributed by atoms with Gasteiger partial charge in [-0.15, -0.1) is 11.3 Å². The van der Waals surface area contributed by atoms with Gasteiger partial charge in [0.1, 0.15) is 0 Å². The summed E-state index contributed by atoms with van der Waals surface area (Å²) in [6.07, 6.45) is 0. The van der Waals surface area contributed by atoms with Gasteiger partial charge in [-0.2, -0.15) is 0 Å². The number of aromatic nitrogens is 1. The monoisotopic (exact) mass is 430 g/mol. The Morgan fingerprint density at radius 3 is 2.93 bits per heavy atom. The number of thiazole rings is 1. The predicted molar refractivity (Wildman–Crippen MR) is 109 cm³/mol. The van der Waals surface area contributed by atoms with Crippen LogP contribution in [0.4, 0.5) is 5.69 Å². The minimum atomic E-state index is -0.688. The van der Waals surface area contributed by atoms with Gasteiger partial charge in [0.05, 0.1) is 21.3 Å². The molecule has 0 fully saturated rings. The fraction of sp³-hybridized carbons (Fsp3) is 0.150. The lowest BCUT2D eigenvalue weighted by Gasteiger charge is -2.08. The van der Waals surface area contributed by atoms with Crippen LogP contribution < -0.4 is 14.8 Å². The second-order valence-corrected chi connectivity index (χ2v) is 7.62. The molecule has 0 radical (unpaired) electrons. The predicted octanol–water partition coefficient (Wildman–Crippen LogP) is 4.30. The molecule has 0 spiro atoms. The first kappa shape index (κ1) is 19.2. The molecular formula is C20H15ClN2O5S. The van der Waals surface area contributed by atoms with Crippen molar-refractivity contribution in [3.8, 4) is 22.8 Å². The standard InChI is InChI=1S/C20H15ClN2O5S/c1-11-22-16(9-29-11)12-3-2-4-14(5-12)23-18(24)8-26-20(25)13-6-15(21)19-17(7-13)27-10-28-19/h2-7,9H,8,10H2,1H3,(H,23,24). The lowest BCUT2D eigenvalue weighted by atomic mass is 10.1. The van der Waals surface area contributed by atoms with Crippen LogP contribution in [0.3, 0.4) is 0 Å². The smallest absolute Gasteiger partial charge is 0.338 e. The lowest BCUT2D eigenvalue weighted by Crippen LogP contribution is -2.21. The van der Waals surface area contributed by atoms with E-state index in [1.807, 2.05) is 30.5 Å². The number of fused-ring (bicyclic) bond motifs is 1. The average molecular weight is 431 g/mol. The molecule has 2 heterocycles. The highest BCUT2D eigenvalue weighted by molar-refractivity contribution is 7.09.